The summed E-state index contributed by atoms with van der Waals surface area (Å²) in [5.41, 5.74) is 1.95. The van der Waals surface area contributed by atoms with Crippen LogP contribution in [0.3, 0.4) is 0 Å². The molecule has 168 valence electrons. The summed E-state index contributed by atoms with van der Waals surface area (Å²) in [6.07, 6.45) is 3.25. The number of piperidine rings is 1. The van der Waals surface area contributed by atoms with Gasteiger partial charge in [-0.3, -0.25) is 19.7 Å². The number of rotatable bonds is 7. The van der Waals surface area contributed by atoms with Gasteiger partial charge in [0.15, 0.2) is 5.82 Å². The third-order valence-corrected chi connectivity index (χ3v) is 6.14. The highest BCUT2D eigenvalue weighted by molar-refractivity contribution is 5.94. The van der Waals surface area contributed by atoms with Crippen LogP contribution >= 0.6 is 0 Å². The molecule has 0 atom stereocenters. The molecular formula is C22H26N6O4. The van der Waals surface area contributed by atoms with E-state index in [0.717, 1.165) is 24.3 Å². The zero-order valence-electron chi connectivity index (χ0n) is 17.7. The largest absolute Gasteiger partial charge is 0.353 e. The molecule has 10 heteroatoms. The molecule has 0 saturated carbocycles. The molecule has 32 heavy (non-hydrogen) atoms. The molecule has 2 saturated heterocycles. The molecule has 2 fully saturated rings. The van der Waals surface area contributed by atoms with E-state index in [1.165, 1.54) is 5.56 Å². The van der Waals surface area contributed by atoms with Gasteiger partial charge in [0.05, 0.1) is 12.3 Å². The SMILES string of the molecule is O=C(Nc1ccc(C2CCN(C(=O)CC[N+](=O)[O-])CC2)cc1)C1CN(c2cccnn2)C1. The quantitative estimate of drug-likeness (QED) is 0.518. The molecule has 2 amide bonds. The van der Waals surface area contributed by atoms with Crippen LogP contribution in [0.15, 0.2) is 42.6 Å². The van der Waals surface area contributed by atoms with Crippen molar-refractivity contribution in [1.82, 2.24) is 15.1 Å². The van der Waals surface area contributed by atoms with E-state index in [-0.39, 0.29) is 30.7 Å². The Morgan fingerprint density at radius 2 is 1.84 bits per heavy atom. The maximum absolute atomic E-state index is 12.5. The van der Waals surface area contributed by atoms with Crippen LogP contribution in [0.1, 0.15) is 30.7 Å². The fourth-order valence-corrected chi connectivity index (χ4v) is 4.18. The number of aromatic nitrogens is 2. The van der Waals surface area contributed by atoms with Crippen molar-refractivity contribution >= 4 is 23.3 Å². The molecule has 3 heterocycles. The predicted octanol–water partition coefficient (Wildman–Crippen LogP) is 1.92. The van der Waals surface area contributed by atoms with Crippen molar-refractivity contribution < 1.29 is 14.5 Å². The summed E-state index contributed by atoms with van der Waals surface area (Å²) in [5.74, 6) is 0.901. The van der Waals surface area contributed by atoms with E-state index in [4.69, 9.17) is 0 Å². The van der Waals surface area contributed by atoms with Crippen molar-refractivity contribution in [2.75, 3.05) is 42.9 Å². The molecular weight excluding hydrogens is 412 g/mol. The van der Waals surface area contributed by atoms with Gasteiger partial charge < -0.3 is 15.1 Å². The van der Waals surface area contributed by atoms with Crippen LogP contribution in [-0.4, -0.2) is 64.6 Å². The molecule has 1 N–H and O–H groups in total. The van der Waals surface area contributed by atoms with Gasteiger partial charge in [0.2, 0.25) is 18.4 Å². The Kier molecular flexibility index (Phi) is 6.58. The highest BCUT2D eigenvalue weighted by Gasteiger charge is 2.33. The topological polar surface area (TPSA) is 122 Å². The van der Waals surface area contributed by atoms with E-state index in [1.54, 1.807) is 11.1 Å². The van der Waals surface area contributed by atoms with Crippen molar-refractivity contribution in [2.24, 2.45) is 5.92 Å². The van der Waals surface area contributed by atoms with E-state index in [9.17, 15) is 19.7 Å². The number of nitrogens with zero attached hydrogens (tertiary/aromatic N) is 5. The van der Waals surface area contributed by atoms with Crippen molar-refractivity contribution in [3.63, 3.8) is 0 Å². The fourth-order valence-electron chi connectivity index (χ4n) is 4.18. The summed E-state index contributed by atoms with van der Waals surface area (Å²) in [6.45, 7) is 2.17. The van der Waals surface area contributed by atoms with Crippen molar-refractivity contribution in [2.45, 2.75) is 25.2 Å². The number of hydrogen-bond donors (Lipinski definition) is 1. The summed E-state index contributed by atoms with van der Waals surface area (Å²) >= 11 is 0. The van der Waals surface area contributed by atoms with Gasteiger partial charge >= 0.3 is 0 Å². The van der Waals surface area contributed by atoms with Gasteiger partial charge in [-0.15, -0.1) is 5.10 Å². The van der Waals surface area contributed by atoms with Gasteiger partial charge in [0, 0.05) is 43.0 Å². The average molecular weight is 438 g/mol. The summed E-state index contributed by atoms with van der Waals surface area (Å²) in [7, 11) is 0. The lowest BCUT2D eigenvalue weighted by Gasteiger charge is -2.38. The van der Waals surface area contributed by atoms with E-state index in [1.807, 2.05) is 41.3 Å². The first kappa shape index (κ1) is 21.7. The predicted molar refractivity (Wildman–Crippen MR) is 118 cm³/mol. The standard InChI is InChI=1S/C22H26N6O4/c29-21(9-13-28(31)32)26-11-7-17(8-12-26)16-3-5-19(6-4-16)24-22(30)18-14-27(15-18)20-2-1-10-23-25-20/h1-6,10,17-18H,7-9,11-15H2,(H,24,30). The Morgan fingerprint density at radius 3 is 2.47 bits per heavy atom. The Bertz CT molecular complexity index is 954. The minimum atomic E-state index is -0.454. The Balaban J connectivity index is 1.22. The van der Waals surface area contributed by atoms with Crippen LogP contribution in [0.25, 0.3) is 0 Å². The molecule has 0 unspecified atom stereocenters. The summed E-state index contributed by atoms with van der Waals surface area (Å²) in [5, 5.41) is 21.4. The second-order valence-corrected chi connectivity index (χ2v) is 8.26. The first-order chi connectivity index (χ1) is 15.5. The smallest absolute Gasteiger partial charge is 0.231 e. The number of carbonyl (C=O) groups is 2. The third kappa shape index (κ3) is 5.19. The third-order valence-electron chi connectivity index (χ3n) is 6.14. The Hall–Kier alpha value is -3.56. The van der Waals surface area contributed by atoms with Crippen LogP contribution < -0.4 is 10.2 Å². The fraction of sp³-hybridized carbons (Fsp3) is 0.455. The molecule has 0 aliphatic carbocycles. The van der Waals surface area contributed by atoms with E-state index in [2.05, 4.69) is 15.5 Å². The molecule has 2 aromatic rings. The minimum absolute atomic E-state index is 0.000523. The van der Waals surface area contributed by atoms with Gasteiger partial charge in [-0.05, 0) is 48.6 Å². The van der Waals surface area contributed by atoms with Gasteiger partial charge in [-0.2, -0.15) is 5.10 Å². The highest BCUT2D eigenvalue weighted by atomic mass is 16.6. The van der Waals surface area contributed by atoms with Crippen molar-refractivity contribution in [3.05, 3.63) is 58.3 Å². The number of nitrogens with one attached hydrogen (secondary N) is 1. The van der Waals surface area contributed by atoms with Crippen LogP contribution in [0, 0.1) is 16.0 Å². The molecule has 10 nitrogen and oxygen atoms in total. The zero-order chi connectivity index (χ0) is 22.5. The van der Waals surface area contributed by atoms with Crippen LogP contribution in [0.2, 0.25) is 0 Å². The second-order valence-electron chi connectivity index (χ2n) is 8.26. The lowest BCUT2D eigenvalue weighted by atomic mass is 9.89. The lowest BCUT2D eigenvalue weighted by Crippen LogP contribution is -2.52. The van der Waals surface area contributed by atoms with Crippen LogP contribution in [0.5, 0.6) is 0 Å². The monoisotopic (exact) mass is 438 g/mol. The normalized spacial score (nSPS) is 17.0. The number of hydrogen-bond acceptors (Lipinski definition) is 7. The van der Waals surface area contributed by atoms with Gasteiger partial charge in [-0.1, -0.05) is 12.1 Å². The van der Waals surface area contributed by atoms with Crippen LogP contribution in [-0.2, 0) is 9.59 Å². The number of benzene rings is 1. The Morgan fingerprint density at radius 1 is 1.12 bits per heavy atom. The number of amides is 2. The lowest BCUT2D eigenvalue weighted by molar-refractivity contribution is -0.478. The molecule has 0 spiro atoms. The summed E-state index contributed by atoms with van der Waals surface area (Å²) in [4.78, 5) is 38.3. The number of likely N-dealkylation sites (tertiary alicyclic amines) is 1. The zero-order valence-corrected chi connectivity index (χ0v) is 17.7. The van der Waals surface area contributed by atoms with Gasteiger partial charge in [-0.25, -0.2) is 0 Å². The Labute approximate surface area is 185 Å². The van der Waals surface area contributed by atoms with E-state index < -0.39 is 4.92 Å². The van der Waals surface area contributed by atoms with E-state index >= 15 is 0 Å². The minimum Gasteiger partial charge on any atom is -0.353 e. The number of carbonyl (C=O) groups excluding carboxylic acids is 2. The molecule has 0 bridgehead atoms. The molecule has 4 rings (SSSR count). The highest BCUT2D eigenvalue weighted by Crippen LogP contribution is 2.29. The maximum Gasteiger partial charge on any atom is 0.231 e. The van der Waals surface area contributed by atoms with Crippen LogP contribution in [0.4, 0.5) is 11.5 Å². The van der Waals surface area contributed by atoms with Crippen molar-refractivity contribution in [3.8, 4) is 0 Å². The molecule has 1 aromatic carbocycles. The van der Waals surface area contributed by atoms with Crippen molar-refractivity contribution in [1.29, 1.82) is 0 Å². The molecule has 1 aromatic heterocycles. The molecule has 2 aliphatic heterocycles. The summed E-state index contributed by atoms with van der Waals surface area (Å²) < 4.78 is 0. The van der Waals surface area contributed by atoms with Gasteiger partial charge in [0.25, 0.3) is 0 Å². The number of anilines is 2. The number of nitro groups is 1. The first-order valence-corrected chi connectivity index (χ1v) is 10.8. The molecule has 2 aliphatic rings. The molecule has 0 radical (unpaired) electrons. The first-order valence-electron chi connectivity index (χ1n) is 10.8. The second kappa shape index (κ2) is 9.71. The van der Waals surface area contributed by atoms with Gasteiger partial charge in [0.1, 0.15) is 0 Å². The summed E-state index contributed by atoms with van der Waals surface area (Å²) in [6, 6.07) is 11.6. The average Bonchev–Trinajstić information content (AvgIpc) is 2.78. The maximum atomic E-state index is 12.5. The van der Waals surface area contributed by atoms with E-state index in [0.29, 0.717) is 32.1 Å².